The maximum Gasteiger partial charge on any atom is 0.145 e. The van der Waals surface area contributed by atoms with Gasteiger partial charge in [0.25, 0.3) is 0 Å². The molecule has 3 heteroatoms. The molecule has 0 aliphatic rings. The Hall–Kier alpha value is -8.14. The number of fused-ring (bicyclic) bond motifs is 7. The number of hydrogen-bond donors (Lipinski definition) is 0. The van der Waals surface area contributed by atoms with E-state index in [-0.39, 0.29) is 16.8 Å². The molecular formula is C58H38N2O. The summed E-state index contributed by atoms with van der Waals surface area (Å²) >= 11 is 0. The van der Waals surface area contributed by atoms with E-state index in [1.807, 2.05) is 72.8 Å². The van der Waals surface area contributed by atoms with Crippen LogP contribution in [0.15, 0.2) is 234 Å². The van der Waals surface area contributed by atoms with Crippen LogP contribution in [0.4, 0.5) is 17.1 Å². The Bertz CT molecular complexity index is 4640. The third-order valence-corrected chi connectivity index (χ3v) is 10.7. The van der Waals surface area contributed by atoms with Gasteiger partial charge in [0.15, 0.2) is 0 Å². The number of aromatic nitrogens is 1. The average Bonchev–Trinajstić information content (AvgIpc) is 3.57. The highest BCUT2D eigenvalue weighted by Gasteiger charge is 2.23. The summed E-state index contributed by atoms with van der Waals surface area (Å²) < 4.78 is 190. The molecule has 0 atom stereocenters. The van der Waals surface area contributed by atoms with Crippen molar-refractivity contribution in [2.24, 2.45) is 0 Å². The number of anilines is 3. The predicted molar refractivity (Wildman–Crippen MR) is 257 cm³/mol. The van der Waals surface area contributed by atoms with Gasteiger partial charge in [-0.1, -0.05) is 157 Å². The molecule has 0 unspecified atom stereocenters. The molecule has 12 rings (SSSR count). The first-order valence-corrected chi connectivity index (χ1v) is 19.2. The van der Waals surface area contributed by atoms with Gasteiger partial charge in [-0.05, 0) is 111 Å². The minimum atomic E-state index is -0.925. The van der Waals surface area contributed by atoms with Gasteiger partial charge < -0.3 is 13.9 Å². The van der Waals surface area contributed by atoms with Gasteiger partial charge in [-0.2, -0.15) is 0 Å². The molecular weight excluding hydrogens is 741 g/mol. The molecule has 0 N–H and O–H groups in total. The first-order valence-electron chi connectivity index (χ1n) is 29.2. The maximum absolute atomic E-state index is 9.89. The fraction of sp³-hybridized carbons (Fsp3) is 0. The van der Waals surface area contributed by atoms with Crippen LogP contribution in [-0.2, 0) is 0 Å². The molecule has 2 aromatic heterocycles. The van der Waals surface area contributed by atoms with E-state index in [9.17, 15) is 12.3 Å². The van der Waals surface area contributed by atoms with Crippen LogP contribution >= 0.6 is 0 Å². The average molecular weight is 799 g/mol. The van der Waals surface area contributed by atoms with E-state index in [1.54, 1.807) is 30.3 Å². The number of furan rings is 1. The van der Waals surface area contributed by atoms with Gasteiger partial charge in [-0.25, -0.2) is 0 Å². The van der Waals surface area contributed by atoms with E-state index in [0.717, 1.165) is 32.4 Å². The van der Waals surface area contributed by atoms with Crippen LogP contribution in [0.2, 0.25) is 0 Å². The van der Waals surface area contributed by atoms with Crippen LogP contribution in [0.3, 0.4) is 0 Å². The zero-order chi connectivity index (χ0) is 57.7. The molecule has 61 heavy (non-hydrogen) atoms. The van der Waals surface area contributed by atoms with Crippen LogP contribution in [0.25, 0.3) is 93.6 Å². The lowest BCUT2D eigenvalue weighted by molar-refractivity contribution is 0.670. The fourth-order valence-electron chi connectivity index (χ4n) is 7.94. The van der Waals surface area contributed by atoms with Crippen LogP contribution in [0.1, 0.15) is 27.4 Å². The van der Waals surface area contributed by atoms with Gasteiger partial charge in [0.1, 0.15) is 11.2 Å². The van der Waals surface area contributed by atoms with Crippen molar-refractivity contribution in [3.63, 3.8) is 0 Å². The topological polar surface area (TPSA) is 21.3 Å². The Morgan fingerprint density at radius 1 is 0.410 bits per heavy atom. The third kappa shape index (κ3) is 5.90. The molecule has 0 amide bonds. The molecule has 0 bridgehead atoms. The number of nitrogens with zero attached hydrogens (tertiary/aromatic N) is 2. The SMILES string of the molecule is [2H]c1c([2H])c([2H])c(-c2c([2H])c([2H])c(N(c3ccc4c(oc5ccccc54)c3-c3ccc(-n4c5ccccc5c5ccccc54)cc3)c3c([2H])c([2H])c(-c4c([2H])c([2H])c5c([2H])c([2H])c([2H])c([2H])c5c4[2H])c([2H])c3[2H])c([2H])c2[2H])c([2H])c1[2H]. The lowest BCUT2D eigenvalue weighted by Gasteiger charge is -2.28. The van der Waals surface area contributed by atoms with Gasteiger partial charge in [-0.3, -0.25) is 0 Å². The Morgan fingerprint density at radius 2 is 0.967 bits per heavy atom. The summed E-state index contributed by atoms with van der Waals surface area (Å²) in [6, 6.07) is 16.8. The van der Waals surface area contributed by atoms with Crippen molar-refractivity contribution in [2.75, 3.05) is 4.90 Å². The first kappa shape index (κ1) is 20.2. The number of hydrogen-bond acceptors (Lipinski definition) is 2. The van der Waals surface area contributed by atoms with Crippen molar-refractivity contribution in [3.8, 4) is 39.1 Å². The van der Waals surface area contributed by atoms with E-state index in [2.05, 4.69) is 4.57 Å². The van der Waals surface area contributed by atoms with Crippen LogP contribution in [-0.4, -0.2) is 4.57 Å². The molecule has 0 saturated heterocycles. The van der Waals surface area contributed by atoms with Gasteiger partial charge >= 0.3 is 0 Å². The molecule has 10 aromatic carbocycles. The molecule has 0 aliphatic carbocycles. The first-order chi connectivity index (χ1) is 38.6. The third-order valence-electron chi connectivity index (χ3n) is 10.7. The largest absolute Gasteiger partial charge is 0.455 e. The number of benzene rings is 10. The quantitative estimate of drug-likeness (QED) is 0.160. The van der Waals surface area contributed by atoms with Gasteiger partial charge in [0.2, 0.25) is 0 Å². The van der Waals surface area contributed by atoms with Gasteiger partial charge in [0, 0.05) is 44.2 Å². The second kappa shape index (κ2) is 14.3. The number of rotatable bonds is 7. The van der Waals surface area contributed by atoms with E-state index < -0.39 is 165 Å². The molecule has 0 spiro atoms. The Labute approximate surface area is 381 Å². The summed E-state index contributed by atoms with van der Waals surface area (Å²) in [5.41, 5.74) is -0.244. The van der Waals surface area contributed by atoms with E-state index in [4.69, 9.17) is 19.5 Å². The highest BCUT2D eigenvalue weighted by atomic mass is 16.3. The summed E-state index contributed by atoms with van der Waals surface area (Å²) in [6.07, 6.45) is 0. The molecule has 0 fully saturated rings. The van der Waals surface area contributed by atoms with Crippen LogP contribution in [0, 0.1) is 0 Å². The normalized spacial score (nSPS) is 16.2. The highest BCUT2D eigenvalue weighted by molar-refractivity contribution is 6.13. The second-order valence-corrected chi connectivity index (χ2v) is 14.1. The van der Waals surface area contributed by atoms with Crippen molar-refractivity contribution < 1.29 is 31.8 Å². The van der Waals surface area contributed by atoms with Crippen LogP contribution in [0.5, 0.6) is 0 Å². The smallest absolute Gasteiger partial charge is 0.145 e. The van der Waals surface area contributed by atoms with Crippen molar-refractivity contribution >= 4 is 71.6 Å². The van der Waals surface area contributed by atoms with Crippen LogP contribution < -0.4 is 4.90 Å². The molecule has 3 nitrogen and oxygen atoms in total. The second-order valence-electron chi connectivity index (χ2n) is 14.1. The monoisotopic (exact) mass is 798 g/mol. The summed E-state index contributed by atoms with van der Waals surface area (Å²) in [5, 5.41) is 2.28. The Balaban J connectivity index is 1.19. The zero-order valence-corrected chi connectivity index (χ0v) is 31.7. The van der Waals surface area contributed by atoms with E-state index in [1.165, 1.54) is 6.07 Å². The Morgan fingerprint density at radius 3 is 1.66 bits per heavy atom. The molecule has 0 radical (unpaired) electrons. The van der Waals surface area contributed by atoms with Gasteiger partial charge in [0.05, 0.1) is 44.1 Å². The standard InChI is InChI=1S/C58H38N2O/c1-2-12-39(13-3-1)41-24-30-46(31-25-41)59(47-32-26-42(27-33-47)45-23-22-40-14-4-5-15-44(40)38-45)55-37-36-52-51-18-8-11-21-56(51)61-58(52)57(55)43-28-34-48(35-29-43)60-53-19-9-6-16-49(53)50-17-7-10-20-54(50)60/h1-38H/i1D,2D,3D,4D,5D,12D,13D,14D,15D,22D,23D,24D,25D,26D,27D,30D,31D,32D,33D,38D. The minimum absolute atomic E-state index is 0.0754. The van der Waals surface area contributed by atoms with Crippen molar-refractivity contribution in [3.05, 3.63) is 230 Å². The lowest BCUT2D eigenvalue weighted by Crippen LogP contribution is -2.11. The van der Waals surface area contributed by atoms with E-state index >= 15 is 0 Å². The summed E-state index contributed by atoms with van der Waals surface area (Å²) in [5.74, 6) is 0. The minimum Gasteiger partial charge on any atom is -0.455 e. The van der Waals surface area contributed by atoms with E-state index in [0.29, 0.717) is 21.9 Å². The van der Waals surface area contributed by atoms with Crippen molar-refractivity contribution in [1.29, 1.82) is 0 Å². The zero-order valence-electron chi connectivity index (χ0n) is 51.7. The molecule has 12 aromatic rings. The summed E-state index contributed by atoms with van der Waals surface area (Å²) in [6.45, 7) is 0. The molecule has 2 heterocycles. The highest BCUT2D eigenvalue weighted by Crippen LogP contribution is 2.47. The lowest BCUT2D eigenvalue weighted by atomic mass is 9.97. The maximum atomic E-state index is 9.89. The van der Waals surface area contributed by atoms with Crippen molar-refractivity contribution in [2.45, 2.75) is 0 Å². The summed E-state index contributed by atoms with van der Waals surface area (Å²) in [7, 11) is 0. The fourth-order valence-corrected chi connectivity index (χ4v) is 7.94. The van der Waals surface area contributed by atoms with Gasteiger partial charge in [-0.15, -0.1) is 0 Å². The molecule has 0 aliphatic heterocycles. The molecule has 286 valence electrons. The Kier molecular flexibility index (Phi) is 4.74. The summed E-state index contributed by atoms with van der Waals surface area (Å²) in [4.78, 5) is 1.01. The molecule has 0 saturated carbocycles. The number of para-hydroxylation sites is 3. The predicted octanol–water partition coefficient (Wildman–Crippen LogP) is 16.3. The van der Waals surface area contributed by atoms with Crippen molar-refractivity contribution in [1.82, 2.24) is 4.57 Å².